The van der Waals surface area contributed by atoms with E-state index in [1.54, 1.807) is 24.5 Å². The van der Waals surface area contributed by atoms with Crippen LogP contribution in [0.3, 0.4) is 0 Å². The summed E-state index contributed by atoms with van der Waals surface area (Å²) in [6.45, 7) is 0. The van der Waals surface area contributed by atoms with Gasteiger partial charge in [0.2, 0.25) is 0 Å². The van der Waals surface area contributed by atoms with Gasteiger partial charge in [-0.3, -0.25) is 4.79 Å². The van der Waals surface area contributed by atoms with E-state index in [-0.39, 0.29) is 6.42 Å². The van der Waals surface area contributed by atoms with Gasteiger partial charge in [-0.25, -0.2) is 0 Å². The van der Waals surface area contributed by atoms with Crippen molar-refractivity contribution in [2.24, 2.45) is 0 Å². The minimum absolute atomic E-state index is 0.256. The summed E-state index contributed by atoms with van der Waals surface area (Å²) < 4.78 is 5.03. The Labute approximate surface area is 113 Å². The molecule has 0 radical (unpaired) electrons. The predicted molar refractivity (Wildman–Crippen MR) is 73.2 cm³/mol. The van der Waals surface area contributed by atoms with Crippen molar-refractivity contribution >= 4 is 5.97 Å². The van der Waals surface area contributed by atoms with Gasteiger partial charge in [-0.1, -0.05) is 18.4 Å². The average Bonchev–Trinajstić information content (AvgIpc) is 2.88. The zero-order valence-corrected chi connectivity index (χ0v) is 10.7. The van der Waals surface area contributed by atoms with E-state index in [1.165, 1.54) is 0 Å². The summed E-state index contributed by atoms with van der Waals surface area (Å²) in [5.41, 5.74) is 0. The molecule has 1 aromatic rings. The Morgan fingerprint density at radius 1 is 1.32 bits per heavy atom. The van der Waals surface area contributed by atoms with E-state index in [1.807, 2.05) is 6.08 Å². The molecule has 3 heteroatoms. The van der Waals surface area contributed by atoms with E-state index in [0.717, 1.165) is 25.7 Å². The number of aliphatic carboxylic acids is 1. The molecule has 3 nitrogen and oxygen atoms in total. The number of carboxylic acids is 1. The van der Waals surface area contributed by atoms with Crippen LogP contribution in [0.5, 0.6) is 0 Å². The van der Waals surface area contributed by atoms with Crippen LogP contribution in [0.2, 0.25) is 0 Å². The third-order valence-electron chi connectivity index (χ3n) is 2.30. The average molecular weight is 256 g/mol. The lowest BCUT2D eigenvalue weighted by atomic mass is 10.1. The smallest absolute Gasteiger partial charge is 0.303 e. The van der Waals surface area contributed by atoms with Crippen LogP contribution in [0.25, 0.3) is 0 Å². The van der Waals surface area contributed by atoms with Gasteiger partial charge in [0.05, 0.1) is 6.26 Å². The molecule has 0 saturated heterocycles. The van der Waals surface area contributed by atoms with E-state index < -0.39 is 5.97 Å². The molecule has 0 spiro atoms. The molecule has 0 aliphatic rings. The lowest BCUT2D eigenvalue weighted by molar-refractivity contribution is -0.137. The first-order chi connectivity index (χ1) is 9.29. The lowest BCUT2D eigenvalue weighted by Crippen LogP contribution is -1.93. The van der Waals surface area contributed by atoms with Crippen molar-refractivity contribution < 1.29 is 14.3 Å². The Kier molecular flexibility index (Phi) is 7.43. The van der Waals surface area contributed by atoms with Crippen LogP contribution in [0, 0.1) is 23.7 Å². The van der Waals surface area contributed by atoms with E-state index in [0.29, 0.717) is 5.76 Å². The van der Waals surface area contributed by atoms with Crippen molar-refractivity contribution in [3.8, 4) is 23.7 Å². The molecule has 1 rings (SSSR count). The summed E-state index contributed by atoms with van der Waals surface area (Å²) in [5, 5.41) is 8.45. The Balaban J connectivity index is 2.09. The zero-order chi connectivity index (χ0) is 13.8. The first kappa shape index (κ1) is 14.7. The molecule has 0 bridgehead atoms. The third kappa shape index (κ3) is 8.35. The molecule has 0 amide bonds. The fourth-order valence-corrected chi connectivity index (χ4v) is 1.38. The normalized spacial score (nSPS) is 9.47. The Hall–Kier alpha value is -2.39. The van der Waals surface area contributed by atoms with Gasteiger partial charge >= 0.3 is 5.97 Å². The maximum Gasteiger partial charge on any atom is 0.303 e. The van der Waals surface area contributed by atoms with Gasteiger partial charge in [0, 0.05) is 6.42 Å². The van der Waals surface area contributed by atoms with Crippen LogP contribution >= 0.6 is 0 Å². The number of carboxylic acid groups (broad SMARTS) is 1. The minimum atomic E-state index is -0.725. The van der Waals surface area contributed by atoms with Crippen molar-refractivity contribution in [1.29, 1.82) is 0 Å². The summed E-state index contributed by atoms with van der Waals surface area (Å²) in [4.78, 5) is 10.3. The maximum atomic E-state index is 10.3. The number of hydrogen-bond acceptors (Lipinski definition) is 2. The van der Waals surface area contributed by atoms with Crippen molar-refractivity contribution in [2.75, 3.05) is 0 Å². The van der Waals surface area contributed by atoms with E-state index in [9.17, 15) is 4.79 Å². The molecule has 0 saturated carbocycles. The number of allylic oxidation sites excluding steroid dienone is 2. The van der Waals surface area contributed by atoms with Gasteiger partial charge in [-0.2, -0.15) is 0 Å². The largest absolute Gasteiger partial charge is 0.481 e. The Morgan fingerprint density at radius 2 is 2.21 bits per heavy atom. The molecular weight excluding hydrogens is 240 g/mol. The molecule has 0 aliphatic carbocycles. The van der Waals surface area contributed by atoms with Crippen LogP contribution < -0.4 is 0 Å². The standard InChI is InChI=1S/C16H16O3/c17-16(18)13-9-7-5-3-1-2-4-6-8-11-15-12-10-14-19-15/h1-2,10,12,14H,3,5,7,9,13H2,(H,17,18). The van der Waals surface area contributed by atoms with Crippen LogP contribution in [0.1, 0.15) is 37.9 Å². The quantitative estimate of drug-likeness (QED) is 0.628. The second-order valence-electron chi connectivity index (χ2n) is 3.89. The van der Waals surface area contributed by atoms with Gasteiger partial charge in [0.25, 0.3) is 0 Å². The van der Waals surface area contributed by atoms with Gasteiger partial charge in [-0.05, 0) is 55.2 Å². The van der Waals surface area contributed by atoms with Crippen LogP contribution in [0.4, 0.5) is 0 Å². The van der Waals surface area contributed by atoms with Gasteiger partial charge in [-0.15, -0.1) is 0 Å². The molecule has 98 valence electrons. The van der Waals surface area contributed by atoms with Crippen LogP contribution in [-0.4, -0.2) is 11.1 Å². The van der Waals surface area contributed by atoms with Crippen molar-refractivity contribution in [2.45, 2.75) is 32.1 Å². The molecule has 0 fully saturated rings. The number of unbranched alkanes of at least 4 members (excludes halogenated alkanes) is 3. The number of carbonyl (C=O) groups is 1. The maximum absolute atomic E-state index is 10.3. The molecule has 0 unspecified atom stereocenters. The van der Waals surface area contributed by atoms with E-state index >= 15 is 0 Å². The Morgan fingerprint density at radius 3 is 2.95 bits per heavy atom. The minimum Gasteiger partial charge on any atom is -0.481 e. The van der Waals surface area contributed by atoms with Crippen LogP contribution in [-0.2, 0) is 4.79 Å². The summed E-state index contributed by atoms with van der Waals surface area (Å²) in [6, 6.07) is 3.56. The molecular formula is C16H16O3. The highest BCUT2D eigenvalue weighted by Crippen LogP contribution is 2.03. The molecule has 0 aromatic carbocycles. The highest BCUT2D eigenvalue weighted by atomic mass is 16.4. The molecule has 19 heavy (non-hydrogen) atoms. The number of hydrogen-bond donors (Lipinski definition) is 1. The third-order valence-corrected chi connectivity index (χ3v) is 2.30. The summed E-state index contributed by atoms with van der Waals surface area (Å²) in [5.74, 6) is 10.9. The lowest BCUT2D eigenvalue weighted by Gasteiger charge is -1.94. The molecule has 1 N–H and O–H groups in total. The highest BCUT2D eigenvalue weighted by molar-refractivity contribution is 5.66. The van der Waals surface area contributed by atoms with Crippen molar-refractivity contribution in [3.63, 3.8) is 0 Å². The first-order valence-electron chi connectivity index (χ1n) is 6.21. The van der Waals surface area contributed by atoms with Crippen molar-refractivity contribution in [3.05, 3.63) is 36.3 Å². The van der Waals surface area contributed by atoms with Crippen molar-refractivity contribution in [1.82, 2.24) is 0 Å². The summed E-state index contributed by atoms with van der Waals surface area (Å²) in [7, 11) is 0. The summed E-state index contributed by atoms with van der Waals surface area (Å²) >= 11 is 0. The number of rotatable bonds is 6. The molecule has 0 atom stereocenters. The molecule has 1 aromatic heterocycles. The molecule has 1 heterocycles. The summed E-state index contributed by atoms with van der Waals surface area (Å²) in [6.07, 6.45) is 9.15. The van der Waals surface area contributed by atoms with E-state index in [4.69, 9.17) is 9.52 Å². The Bertz CT molecular complexity index is 516. The number of furan rings is 1. The SMILES string of the molecule is O=C(O)CCCCCC=CC#CC#Cc1ccco1. The van der Waals surface area contributed by atoms with E-state index in [2.05, 4.69) is 23.7 Å². The topological polar surface area (TPSA) is 50.4 Å². The monoisotopic (exact) mass is 256 g/mol. The van der Waals surface area contributed by atoms with Crippen LogP contribution in [0.15, 0.2) is 35.0 Å². The second kappa shape index (κ2) is 9.62. The predicted octanol–water partition coefficient (Wildman–Crippen LogP) is 3.23. The molecule has 0 aliphatic heterocycles. The van der Waals surface area contributed by atoms with Gasteiger partial charge in [0.1, 0.15) is 0 Å². The van der Waals surface area contributed by atoms with Gasteiger partial charge < -0.3 is 9.52 Å². The highest BCUT2D eigenvalue weighted by Gasteiger charge is 1.94. The fraction of sp³-hybridized carbons (Fsp3) is 0.312. The zero-order valence-electron chi connectivity index (χ0n) is 10.7. The fourth-order valence-electron chi connectivity index (χ4n) is 1.38. The second-order valence-corrected chi connectivity index (χ2v) is 3.89. The first-order valence-corrected chi connectivity index (χ1v) is 6.21. The van der Waals surface area contributed by atoms with Gasteiger partial charge in [0.15, 0.2) is 5.76 Å².